The Bertz CT molecular complexity index is 323. The van der Waals surface area contributed by atoms with Crippen molar-refractivity contribution in [1.82, 2.24) is 9.97 Å². The maximum atomic E-state index is 10.9. The zero-order chi connectivity index (χ0) is 8.10. The van der Waals surface area contributed by atoms with Gasteiger partial charge < -0.3 is 10.3 Å². The monoisotopic (exact) mass is 149 g/mol. The molecule has 1 aromatic heterocycles. The molecule has 0 aliphatic rings. The topological polar surface area (TPSA) is 57.8 Å². The maximum absolute atomic E-state index is 10.9. The Morgan fingerprint density at radius 2 is 2.64 bits per heavy atom. The molecule has 0 fully saturated rings. The zero-order valence-electron chi connectivity index (χ0n) is 5.79. The lowest BCUT2D eigenvalue weighted by atomic mass is 10.6. The highest BCUT2D eigenvalue weighted by Crippen LogP contribution is 1.86. The van der Waals surface area contributed by atoms with Crippen LogP contribution in [0.3, 0.4) is 0 Å². The van der Waals surface area contributed by atoms with Crippen molar-refractivity contribution < 1.29 is 0 Å². The minimum Gasteiger partial charge on any atom is -0.355 e. The highest BCUT2D eigenvalue weighted by atomic mass is 16.1. The standard InChI is InChI=1S/C7H7N3O/c1-2-3-8-6-7(11)10-5-4-9-6/h1,4-5H,3H2,(H,8,9)(H,10,11). The number of H-pyrrole nitrogens is 1. The van der Waals surface area contributed by atoms with Crippen molar-refractivity contribution in [3.8, 4) is 12.3 Å². The molecule has 4 heteroatoms. The van der Waals surface area contributed by atoms with Crippen LogP contribution in [0.15, 0.2) is 17.2 Å². The highest BCUT2D eigenvalue weighted by molar-refractivity contribution is 5.31. The van der Waals surface area contributed by atoms with Gasteiger partial charge in [0, 0.05) is 12.4 Å². The summed E-state index contributed by atoms with van der Waals surface area (Å²) in [6, 6.07) is 0. The molecule has 0 atom stereocenters. The summed E-state index contributed by atoms with van der Waals surface area (Å²) in [6.07, 6.45) is 7.92. The van der Waals surface area contributed by atoms with Crippen LogP contribution in [-0.2, 0) is 0 Å². The summed E-state index contributed by atoms with van der Waals surface area (Å²) in [5.41, 5.74) is -0.261. The fourth-order valence-electron chi connectivity index (χ4n) is 0.612. The molecule has 1 heterocycles. The second-order valence-corrected chi connectivity index (χ2v) is 1.82. The van der Waals surface area contributed by atoms with Gasteiger partial charge in [-0.05, 0) is 0 Å². The van der Waals surface area contributed by atoms with Crippen LogP contribution in [0.2, 0.25) is 0 Å². The lowest BCUT2D eigenvalue weighted by Crippen LogP contribution is -2.15. The van der Waals surface area contributed by atoms with E-state index in [4.69, 9.17) is 6.42 Å². The summed E-state index contributed by atoms with van der Waals surface area (Å²) in [4.78, 5) is 17.1. The Morgan fingerprint density at radius 1 is 1.82 bits per heavy atom. The molecule has 1 rings (SSSR count). The summed E-state index contributed by atoms with van der Waals surface area (Å²) in [6.45, 7) is 0.306. The van der Waals surface area contributed by atoms with Gasteiger partial charge in [-0.15, -0.1) is 6.42 Å². The van der Waals surface area contributed by atoms with Crippen molar-refractivity contribution in [3.05, 3.63) is 22.7 Å². The molecule has 0 saturated carbocycles. The van der Waals surface area contributed by atoms with E-state index in [9.17, 15) is 4.79 Å². The molecule has 0 unspecified atom stereocenters. The number of aromatic amines is 1. The van der Waals surface area contributed by atoms with E-state index in [1.165, 1.54) is 12.4 Å². The van der Waals surface area contributed by atoms with E-state index < -0.39 is 0 Å². The summed E-state index contributed by atoms with van der Waals surface area (Å²) in [5.74, 6) is 2.59. The molecule has 2 N–H and O–H groups in total. The fourth-order valence-corrected chi connectivity index (χ4v) is 0.612. The van der Waals surface area contributed by atoms with Crippen LogP contribution in [-0.4, -0.2) is 16.5 Å². The Hall–Kier alpha value is -1.76. The van der Waals surface area contributed by atoms with Crippen molar-refractivity contribution in [2.24, 2.45) is 0 Å². The van der Waals surface area contributed by atoms with Crippen LogP contribution >= 0.6 is 0 Å². The highest BCUT2D eigenvalue weighted by Gasteiger charge is 1.94. The van der Waals surface area contributed by atoms with Gasteiger partial charge in [0.05, 0.1) is 6.54 Å². The van der Waals surface area contributed by atoms with E-state index in [0.29, 0.717) is 6.54 Å². The first-order valence-electron chi connectivity index (χ1n) is 3.05. The molecule has 0 saturated heterocycles. The van der Waals surface area contributed by atoms with Crippen LogP contribution in [0.4, 0.5) is 5.82 Å². The number of hydrogen-bond acceptors (Lipinski definition) is 3. The SMILES string of the molecule is C#CCNc1ncc[nH]c1=O. The van der Waals surface area contributed by atoms with Gasteiger partial charge in [0.1, 0.15) is 0 Å². The molecule has 4 nitrogen and oxygen atoms in total. The van der Waals surface area contributed by atoms with E-state index in [2.05, 4.69) is 21.2 Å². The third-order valence-corrected chi connectivity index (χ3v) is 1.07. The predicted molar refractivity (Wildman–Crippen MR) is 42.2 cm³/mol. The normalized spacial score (nSPS) is 8.64. The molecule has 56 valence electrons. The molecule has 0 aliphatic heterocycles. The lowest BCUT2D eigenvalue weighted by molar-refractivity contribution is 1.12. The molecule has 0 aliphatic carbocycles. The van der Waals surface area contributed by atoms with E-state index in [0.717, 1.165) is 0 Å². The smallest absolute Gasteiger partial charge is 0.290 e. The van der Waals surface area contributed by atoms with Crippen LogP contribution < -0.4 is 10.9 Å². The molecule has 1 aromatic rings. The largest absolute Gasteiger partial charge is 0.355 e. The number of terminal acetylenes is 1. The molecule has 0 bridgehead atoms. The van der Waals surface area contributed by atoms with E-state index >= 15 is 0 Å². The number of anilines is 1. The minimum atomic E-state index is -0.261. The van der Waals surface area contributed by atoms with Gasteiger partial charge in [-0.25, -0.2) is 4.98 Å². The van der Waals surface area contributed by atoms with Crippen molar-refractivity contribution in [2.75, 3.05) is 11.9 Å². The van der Waals surface area contributed by atoms with Gasteiger partial charge in [-0.3, -0.25) is 4.79 Å². The lowest BCUT2D eigenvalue weighted by Gasteiger charge is -1.96. The summed E-state index contributed by atoms with van der Waals surface area (Å²) >= 11 is 0. The van der Waals surface area contributed by atoms with E-state index in [-0.39, 0.29) is 11.4 Å². The Labute approximate surface area is 63.7 Å². The average molecular weight is 149 g/mol. The van der Waals surface area contributed by atoms with Crippen molar-refractivity contribution in [1.29, 1.82) is 0 Å². The Morgan fingerprint density at radius 3 is 3.27 bits per heavy atom. The first-order valence-corrected chi connectivity index (χ1v) is 3.05. The number of aromatic nitrogens is 2. The molecule has 0 radical (unpaired) electrons. The van der Waals surface area contributed by atoms with Gasteiger partial charge in [0.2, 0.25) is 0 Å². The summed E-state index contributed by atoms with van der Waals surface area (Å²) in [5, 5.41) is 2.67. The second kappa shape index (κ2) is 3.42. The quantitative estimate of drug-likeness (QED) is 0.573. The molecule has 0 amide bonds. The summed E-state index contributed by atoms with van der Waals surface area (Å²) in [7, 11) is 0. The van der Waals surface area contributed by atoms with Crippen LogP contribution in [0, 0.1) is 12.3 Å². The van der Waals surface area contributed by atoms with Gasteiger partial charge >= 0.3 is 0 Å². The Kier molecular flexibility index (Phi) is 2.28. The number of nitrogens with zero attached hydrogens (tertiary/aromatic N) is 1. The first-order chi connectivity index (χ1) is 5.34. The minimum absolute atomic E-state index is 0.255. The van der Waals surface area contributed by atoms with Crippen LogP contribution in [0.1, 0.15) is 0 Å². The molecule has 0 aromatic carbocycles. The average Bonchev–Trinajstić information content (AvgIpc) is 2.03. The van der Waals surface area contributed by atoms with Gasteiger partial charge in [0.15, 0.2) is 5.82 Å². The molecular formula is C7H7N3O. The Balaban J connectivity index is 2.80. The number of rotatable bonds is 2. The second-order valence-electron chi connectivity index (χ2n) is 1.82. The van der Waals surface area contributed by atoms with Gasteiger partial charge in [0.25, 0.3) is 5.56 Å². The first kappa shape index (κ1) is 7.35. The third-order valence-electron chi connectivity index (χ3n) is 1.07. The predicted octanol–water partition coefficient (Wildman–Crippen LogP) is -0.185. The van der Waals surface area contributed by atoms with Crippen LogP contribution in [0.5, 0.6) is 0 Å². The van der Waals surface area contributed by atoms with Gasteiger partial charge in [-0.1, -0.05) is 5.92 Å². The van der Waals surface area contributed by atoms with Crippen molar-refractivity contribution >= 4 is 5.82 Å². The number of hydrogen-bond donors (Lipinski definition) is 2. The zero-order valence-corrected chi connectivity index (χ0v) is 5.79. The van der Waals surface area contributed by atoms with E-state index in [1.54, 1.807) is 0 Å². The third kappa shape index (κ3) is 1.83. The maximum Gasteiger partial charge on any atom is 0.290 e. The van der Waals surface area contributed by atoms with Gasteiger partial charge in [-0.2, -0.15) is 0 Å². The fraction of sp³-hybridized carbons (Fsp3) is 0.143. The number of nitrogens with one attached hydrogen (secondary N) is 2. The molecular weight excluding hydrogens is 142 g/mol. The molecule has 11 heavy (non-hydrogen) atoms. The van der Waals surface area contributed by atoms with Crippen LogP contribution in [0.25, 0.3) is 0 Å². The summed E-state index contributed by atoms with van der Waals surface area (Å²) < 4.78 is 0. The molecule has 0 spiro atoms. The van der Waals surface area contributed by atoms with E-state index in [1.807, 2.05) is 0 Å². The van der Waals surface area contributed by atoms with Crippen molar-refractivity contribution in [3.63, 3.8) is 0 Å². The van der Waals surface area contributed by atoms with Crippen molar-refractivity contribution in [2.45, 2.75) is 0 Å².